The van der Waals surface area contributed by atoms with Crippen molar-refractivity contribution in [3.05, 3.63) is 41.0 Å². The Balaban J connectivity index is 2.01. The van der Waals surface area contributed by atoms with Crippen LogP contribution in [0, 0.1) is 0 Å². The standard InChI is InChI=1S/C19H20FNO3/c1-23-19-14(22)10-12-5-7-21-13-9-11-3-2-4-15(24-8-6-20)17(11)18(19)16(12)13/h2-4,10,13,21-22H,5-9H2,1H3. The summed E-state index contributed by atoms with van der Waals surface area (Å²) in [5, 5.41) is 14.0. The number of fused-ring (bicyclic) bond motifs is 2. The Morgan fingerprint density at radius 1 is 1.29 bits per heavy atom. The van der Waals surface area contributed by atoms with Crippen LogP contribution < -0.4 is 14.8 Å². The van der Waals surface area contributed by atoms with Gasteiger partial charge in [-0.1, -0.05) is 12.1 Å². The molecular formula is C19H20FNO3. The summed E-state index contributed by atoms with van der Waals surface area (Å²) in [4.78, 5) is 0. The van der Waals surface area contributed by atoms with E-state index < -0.39 is 6.67 Å². The van der Waals surface area contributed by atoms with Gasteiger partial charge in [0.2, 0.25) is 0 Å². The first-order chi connectivity index (χ1) is 11.7. The molecule has 2 N–H and O–H groups in total. The molecule has 126 valence electrons. The highest BCUT2D eigenvalue weighted by atomic mass is 19.1. The maximum absolute atomic E-state index is 12.6. The molecule has 0 saturated heterocycles. The average Bonchev–Trinajstić information content (AvgIpc) is 2.59. The predicted octanol–water partition coefficient (Wildman–Crippen LogP) is 3.16. The molecule has 24 heavy (non-hydrogen) atoms. The fraction of sp³-hybridized carbons (Fsp3) is 0.368. The van der Waals surface area contributed by atoms with Crippen molar-refractivity contribution in [3.8, 4) is 28.4 Å². The fourth-order valence-electron chi connectivity index (χ4n) is 3.96. The summed E-state index contributed by atoms with van der Waals surface area (Å²) in [6, 6.07) is 7.83. The van der Waals surface area contributed by atoms with Gasteiger partial charge in [-0.3, -0.25) is 0 Å². The summed E-state index contributed by atoms with van der Waals surface area (Å²) in [5.41, 5.74) is 5.21. The summed E-state index contributed by atoms with van der Waals surface area (Å²) >= 11 is 0. The van der Waals surface area contributed by atoms with Crippen molar-refractivity contribution in [1.82, 2.24) is 5.32 Å². The number of benzene rings is 2. The van der Waals surface area contributed by atoms with Gasteiger partial charge < -0.3 is 19.9 Å². The molecule has 0 spiro atoms. The third kappa shape index (κ3) is 2.23. The zero-order valence-electron chi connectivity index (χ0n) is 13.6. The largest absolute Gasteiger partial charge is 0.504 e. The van der Waals surface area contributed by atoms with Gasteiger partial charge in [0, 0.05) is 17.2 Å². The van der Waals surface area contributed by atoms with E-state index in [0.29, 0.717) is 11.5 Å². The number of hydrogen-bond donors (Lipinski definition) is 2. The van der Waals surface area contributed by atoms with Crippen LogP contribution in [-0.4, -0.2) is 32.0 Å². The maximum atomic E-state index is 12.6. The van der Waals surface area contributed by atoms with Gasteiger partial charge in [-0.05, 0) is 48.2 Å². The normalized spacial score (nSPS) is 17.8. The van der Waals surface area contributed by atoms with E-state index in [1.165, 1.54) is 5.56 Å². The lowest BCUT2D eigenvalue weighted by Gasteiger charge is -2.36. The van der Waals surface area contributed by atoms with Gasteiger partial charge in [-0.2, -0.15) is 0 Å². The molecule has 1 aliphatic heterocycles. The molecule has 0 amide bonds. The van der Waals surface area contributed by atoms with Crippen molar-refractivity contribution >= 4 is 0 Å². The number of phenols is 1. The molecule has 4 rings (SSSR count). The molecule has 2 aromatic carbocycles. The number of hydrogen-bond acceptors (Lipinski definition) is 4. The van der Waals surface area contributed by atoms with E-state index in [-0.39, 0.29) is 18.4 Å². The molecule has 4 nitrogen and oxygen atoms in total. The van der Waals surface area contributed by atoms with Crippen molar-refractivity contribution in [1.29, 1.82) is 0 Å². The van der Waals surface area contributed by atoms with Crippen LogP contribution in [0.4, 0.5) is 4.39 Å². The Morgan fingerprint density at radius 2 is 2.17 bits per heavy atom. The van der Waals surface area contributed by atoms with Crippen LogP contribution >= 0.6 is 0 Å². The minimum Gasteiger partial charge on any atom is -0.504 e. The molecule has 1 unspecified atom stereocenters. The van der Waals surface area contributed by atoms with E-state index in [9.17, 15) is 9.50 Å². The Morgan fingerprint density at radius 3 is 2.96 bits per heavy atom. The van der Waals surface area contributed by atoms with Crippen molar-refractivity contribution in [2.75, 3.05) is 26.9 Å². The van der Waals surface area contributed by atoms with Crippen molar-refractivity contribution in [2.24, 2.45) is 0 Å². The van der Waals surface area contributed by atoms with Gasteiger partial charge in [0.05, 0.1) is 7.11 Å². The van der Waals surface area contributed by atoms with Crippen LogP contribution in [0.2, 0.25) is 0 Å². The van der Waals surface area contributed by atoms with Crippen molar-refractivity contribution in [2.45, 2.75) is 18.9 Å². The van der Waals surface area contributed by atoms with E-state index in [1.807, 2.05) is 18.2 Å². The summed E-state index contributed by atoms with van der Waals surface area (Å²) in [6.45, 7) is 0.362. The Labute approximate surface area is 140 Å². The zero-order valence-corrected chi connectivity index (χ0v) is 13.6. The summed E-state index contributed by atoms with van der Waals surface area (Å²) in [7, 11) is 1.56. The highest BCUT2D eigenvalue weighted by Crippen LogP contribution is 2.52. The molecule has 0 fully saturated rings. The zero-order chi connectivity index (χ0) is 16.7. The van der Waals surface area contributed by atoms with Crippen molar-refractivity contribution < 1.29 is 19.0 Å². The second kappa shape index (κ2) is 5.98. The minimum absolute atomic E-state index is 0.0153. The van der Waals surface area contributed by atoms with Crippen LogP contribution in [0.25, 0.3) is 11.1 Å². The first-order valence-electron chi connectivity index (χ1n) is 8.21. The van der Waals surface area contributed by atoms with Gasteiger partial charge in [0.1, 0.15) is 19.0 Å². The maximum Gasteiger partial charge on any atom is 0.168 e. The minimum atomic E-state index is -0.539. The van der Waals surface area contributed by atoms with Crippen LogP contribution in [0.5, 0.6) is 17.2 Å². The van der Waals surface area contributed by atoms with Crippen LogP contribution in [-0.2, 0) is 12.8 Å². The lowest BCUT2D eigenvalue weighted by molar-refractivity contribution is 0.273. The molecule has 1 aliphatic carbocycles. The molecule has 2 aromatic rings. The van der Waals surface area contributed by atoms with Gasteiger partial charge in [-0.25, -0.2) is 4.39 Å². The van der Waals surface area contributed by atoms with Crippen LogP contribution in [0.15, 0.2) is 24.3 Å². The summed E-state index contributed by atoms with van der Waals surface area (Å²) in [6.07, 6.45) is 1.70. The molecule has 1 heterocycles. The lowest BCUT2D eigenvalue weighted by Crippen LogP contribution is -2.34. The van der Waals surface area contributed by atoms with E-state index >= 15 is 0 Å². The van der Waals surface area contributed by atoms with E-state index in [4.69, 9.17) is 9.47 Å². The smallest absolute Gasteiger partial charge is 0.168 e. The molecule has 0 bridgehead atoms. The Hall–Kier alpha value is -2.27. The molecule has 0 saturated carbocycles. The Bertz CT molecular complexity index is 791. The van der Waals surface area contributed by atoms with E-state index in [0.717, 1.165) is 41.6 Å². The van der Waals surface area contributed by atoms with Crippen molar-refractivity contribution in [3.63, 3.8) is 0 Å². The molecule has 1 atom stereocenters. The molecular weight excluding hydrogens is 309 g/mol. The van der Waals surface area contributed by atoms with E-state index in [1.54, 1.807) is 7.11 Å². The van der Waals surface area contributed by atoms with Gasteiger partial charge in [0.25, 0.3) is 0 Å². The van der Waals surface area contributed by atoms with Gasteiger partial charge >= 0.3 is 0 Å². The number of ether oxygens (including phenoxy) is 2. The fourth-order valence-corrected chi connectivity index (χ4v) is 3.96. The van der Waals surface area contributed by atoms with Crippen LogP contribution in [0.1, 0.15) is 22.7 Å². The second-order valence-electron chi connectivity index (χ2n) is 6.17. The molecule has 0 aromatic heterocycles. The Kier molecular flexibility index (Phi) is 3.81. The lowest BCUT2D eigenvalue weighted by atomic mass is 9.77. The quantitative estimate of drug-likeness (QED) is 0.905. The monoisotopic (exact) mass is 329 g/mol. The number of halogens is 1. The summed E-state index contributed by atoms with van der Waals surface area (Å²) in [5.74, 6) is 1.24. The van der Waals surface area contributed by atoms with Gasteiger partial charge in [-0.15, -0.1) is 0 Å². The van der Waals surface area contributed by atoms with E-state index in [2.05, 4.69) is 11.4 Å². The number of methoxy groups -OCH3 is 1. The number of aromatic hydroxyl groups is 1. The number of rotatable bonds is 4. The number of alkyl halides is 1. The third-order valence-electron chi connectivity index (χ3n) is 4.84. The predicted molar refractivity (Wildman–Crippen MR) is 89.7 cm³/mol. The third-order valence-corrected chi connectivity index (χ3v) is 4.84. The van der Waals surface area contributed by atoms with Crippen LogP contribution in [0.3, 0.4) is 0 Å². The second-order valence-corrected chi connectivity index (χ2v) is 6.17. The number of phenolic OH excluding ortho intramolecular Hbond substituents is 1. The van der Waals surface area contributed by atoms with Gasteiger partial charge in [0.15, 0.2) is 11.5 Å². The average molecular weight is 329 g/mol. The summed E-state index contributed by atoms with van der Waals surface area (Å²) < 4.78 is 23.8. The SMILES string of the molecule is COc1c(O)cc2c3c1-c1c(cccc1OCCF)CC3NCC2. The highest BCUT2D eigenvalue weighted by Gasteiger charge is 2.34. The molecule has 0 radical (unpaired) electrons. The first kappa shape index (κ1) is 15.3. The first-order valence-corrected chi connectivity index (χ1v) is 8.21. The topological polar surface area (TPSA) is 50.7 Å². The molecule has 5 heteroatoms. The molecule has 2 aliphatic rings. The number of nitrogens with one attached hydrogen (secondary N) is 1. The highest BCUT2D eigenvalue weighted by molar-refractivity contribution is 5.87.